The van der Waals surface area contributed by atoms with Gasteiger partial charge in [-0.05, 0) is 35.7 Å². The Bertz CT molecular complexity index is 1250. The number of thiazole rings is 1. The second-order valence-corrected chi connectivity index (χ2v) is 8.97. The third-order valence-electron chi connectivity index (χ3n) is 5.82. The van der Waals surface area contributed by atoms with E-state index in [1.54, 1.807) is 6.07 Å². The lowest BCUT2D eigenvalue weighted by atomic mass is 10.0. The smallest absolute Gasteiger partial charge is 0.226 e. The first-order valence-corrected chi connectivity index (χ1v) is 11.9. The van der Waals surface area contributed by atoms with Crippen LogP contribution in [-0.2, 0) is 22.5 Å². The van der Waals surface area contributed by atoms with Crippen LogP contribution in [0.5, 0.6) is 0 Å². The first-order chi connectivity index (χ1) is 16.2. The number of hydrogen-bond donors (Lipinski definition) is 2. The molecule has 0 atom stereocenters. The number of H-pyrrole nitrogens is 1. The minimum Gasteiger partial charge on any atom is -0.379 e. The molecule has 1 aliphatic rings. The van der Waals surface area contributed by atoms with Crippen molar-refractivity contribution in [1.82, 2.24) is 14.9 Å². The summed E-state index contributed by atoms with van der Waals surface area (Å²) in [6.45, 7) is 4.05. The number of halogens is 1. The molecule has 4 aromatic rings. The average molecular weight is 465 g/mol. The van der Waals surface area contributed by atoms with Gasteiger partial charge in [-0.15, -0.1) is 11.3 Å². The molecule has 0 bridgehead atoms. The van der Waals surface area contributed by atoms with E-state index < -0.39 is 0 Å². The number of nitrogens with one attached hydrogen (secondary N) is 2. The zero-order chi connectivity index (χ0) is 22.6. The maximum Gasteiger partial charge on any atom is 0.226 e. The summed E-state index contributed by atoms with van der Waals surface area (Å²) in [4.78, 5) is 23.0. The Morgan fingerprint density at radius 3 is 2.82 bits per heavy atom. The topological polar surface area (TPSA) is 70.2 Å². The number of benzene rings is 2. The molecule has 3 heterocycles. The van der Waals surface area contributed by atoms with Crippen LogP contribution in [0.1, 0.15) is 17.7 Å². The molecular weight excluding hydrogens is 439 g/mol. The van der Waals surface area contributed by atoms with Crippen molar-refractivity contribution in [2.24, 2.45) is 0 Å². The fourth-order valence-electron chi connectivity index (χ4n) is 4.18. The molecular formula is C25H25FN4O2S. The highest BCUT2D eigenvalue weighted by atomic mass is 32.1. The number of morpholine rings is 1. The SMILES string of the molecule is O=C(CCc1c(-c2ccccc2)[nH]c2ccc(F)cc12)Nc1nc(CN2CCOCC2)cs1. The Kier molecular flexibility index (Phi) is 6.48. The molecule has 0 saturated carbocycles. The lowest BCUT2D eigenvalue weighted by molar-refractivity contribution is -0.116. The molecule has 1 fully saturated rings. The second-order valence-electron chi connectivity index (χ2n) is 8.12. The van der Waals surface area contributed by atoms with Gasteiger partial charge in [0.1, 0.15) is 5.82 Å². The lowest BCUT2D eigenvalue weighted by Gasteiger charge is -2.25. The van der Waals surface area contributed by atoms with Crippen LogP contribution in [0.2, 0.25) is 0 Å². The Balaban J connectivity index is 1.28. The van der Waals surface area contributed by atoms with Gasteiger partial charge in [-0.2, -0.15) is 0 Å². The number of aromatic nitrogens is 2. The molecule has 2 aromatic carbocycles. The molecule has 8 heteroatoms. The van der Waals surface area contributed by atoms with Gasteiger partial charge in [0, 0.05) is 48.0 Å². The highest BCUT2D eigenvalue weighted by Crippen LogP contribution is 2.32. The summed E-state index contributed by atoms with van der Waals surface area (Å²) in [5.41, 5.74) is 4.69. The van der Waals surface area contributed by atoms with Crippen molar-refractivity contribution < 1.29 is 13.9 Å². The number of aromatic amines is 1. The molecule has 33 heavy (non-hydrogen) atoms. The Morgan fingerprint density at radius 1 is 1.18 bits per heavy atom. The number of nitrogens with zero attached hydrogens (tertiary/aromatic N) is 2. The molecule has 0 radical (unpaired) electrons. The van der Waals surface area contributed by atoms with Crippen molar-refractivity contribution in [1.29, 1.82) is 0 Å². The first-order valence-electron chi connectivity index (χ1n) is 11.1. The number of carbonyl (C=O) groups excluding carboxylic acids is 1. The van der Waals surface area contributed by atoms with Gasteiger partial charge in [0.05, 0.1) is 18.9 Å². The van der Waals surface area contributed by atoms with E-state index in [0.717, 1.165) is 66.3 Å². The van der Waals surface area contributed by atoms with Gasteiger partial charge < -0.3 is 15.0 Å². The van der Waals surface area contributed by atoms with Crippen molar-refractivity contribution in [2.45, 2.75) is 19.4 Å². The van der Waals surface area contributed by atoms with Crippen LogP contribution in [0.25, 0.3) is 22.2 Å². The molecule has 1 saturated heterocycles. The van der Waals surface area contributed by atoms with Crippen LogP contribution in [-0.4, -0.2) is 47.1 Å². The van der Waals surface area contributed by atoms with Gasteiger partial charge in [0.15, 0.2) is 5.13 Å². The molecule has 2 aromatic heterocycles. The summed E-state index contributed by atoms with van der Waals surface area (Å²) in [6.07, 6.45) is 0.771. The fraction of sp³-hybridized carbons (Fsp3) is 0.280. The molecule has 1 amide bonds. The van der Waals surface area contributed by atoms with Crippen LogP contribution in [0.3, 0.4) is 0 Å². The van der Waals surface area contributed by atoms with Crippen LogP contribution < -0.4 is 5.32 Å². The third kappa shape index (κ3) is 5.13. The highest BCUT2D eigenvalue weighted by Gasteiger charge is 2.17. The Hall–Kier alpha value is -3.07. The van der Waals surface area contributed by atoms with E-state index in [9.17, 15) is 9.18 Å². The van der Waals surface area contributed by atoms with E-state index in [2.05, 4.69) is 20.2 Å². The number of rotatable bonds is 7. The fourth-order valence-corrected chi connectivity index (χ4v) is 4.89. The Morgan fingerprint density at radius 2 is 2.00 bits per heavy atom. The molecule has 5 rings (SSSR count). The van der Waals surface area contributed by atoms with E-state index in [0.29, 0.717) is 11.6 Å². The minimum absolute atomic E-state index is 0.105. The summed E-state index contributed by atoms with van der Waals surface area (Å²) in [5.74, 6) is -0.394. The van der Waals surface area contributed by atoms with Crippen molar-refractivity contribution in [3.8, 4) is 11.3 Å². The maximum absolute atomic E-state index is 14.0. The summed E-state index contributed by atoms with van der Waals surface area (Å²) in [5, 5.41) is 6.33. The maximum atomic E-state index is 14.0. The predicted molar refractivity (Wildman–Crippen MR) is 129 cm³/mol. The average Bonchev–Trinajstić information content (AvgIpc) is 3.42. The summed E-state index contributed by atoms with van der Waals surface area (Å²) in [6, 6.07) is 14.6. The van der Waals surface area contributed by atoms with Crippen molar-refractivity contribution in [2.75, 3.05) is 31.6 Å². The largest absolute Gasteiger partial charge is 0.379 e. The zero-order valence-corrected chi connectivity index (χ0v) is 19.0. The number of carbonyl (C=O) groups is 1. The van der Waals surface area contributed by atoms with Crippen LogP contribution >= 0.6 is 11.3 Å². The molecule has 170 valence electrons. The van der Waals surface area contributed by atoms with Crippen LogP contribution in [0.15, 0.2) is 53.9 Å². The number of ether oxygens (including phenoxy) is 1. The van der Waals surface area contributed by atoms with Gasteiger partial charge in [-0.3, -0.25) is 9.69 Å². The predicted octanol–water partition coefficient (Wildman–Crippen LogP) is 4.83. The van der Waals surface area contributed by atoms with Gasteiger partial charge in [0.2, 0.25) is 5.91 Å². The standard InChI is InChI=1S/C25H25FN4O2S/c26-18-6-8-22-21(14-18)20(24(28-22)17-4-2-1-3-5-17)7-9-23(31)29-25-27-19(16-33-25)15-30-10-12-32-13-11-30/h1-6,8,14,16,28H,7,9-13,15H2,(H,27,29,31). The second kappa shape index (κ2) is 9.82. The zero-order valence-electron chi connectivity index (χ0n) is 18.1. The first kappa shape index (κ1) is 21.8. The van der Waals surface area contributed by atoms with Gasteiger partial charge in [-0.25, -0.2) is 9.37 Å². The summed E-state index contributed by atoms with van der Waals surface area (Å²) in [7, 11) is 0. The van der Waals surface area contributed by atoms with Gasteiger partial charge >= 0.3 is 0 Å². The number of hydrogen-bond acceptors (Lipinski definition) is 5. The quantitative estimate of drug-likeness (QED) is 0.411. The molecule has 0 unspecified atom stereocenters. The number of aryl methyl sites for hydroxylation is 1. The number of fused-ring (bicyclic) bond motifs is 1. The molecule has 0 aliphatic carbocycles. The minimum atomic E-state index is -0.289. The van der Waals surface area contributed by atoms with E-state index in [-0.39, 0.29) is 18.1 Å². The molecule has 2 N–H and O–H groups in total. The molecule has 0 spiro atoms. The van der Waals surface area contributed by atoms with E-state index >= 15 is 0 Å². The van der Waals surface area contributed by atoms with E-state index in [4.69, 9.17) is 4.74 Å². The van der Waals surface area contributed by atoms with Crippen molar-refractivity contribution in [3.05, 3.63) is 71.0 Å². The summed E-state index contributed by atoms with van der Waals surface area (Å²) >= 11 is 1.44. The Labute approximate surface area is 195 Å². The monoisotopic (exact) mass is 464 g/mol. The molecule has 1 aliphatic heterocycles. The van der Waals surface area contributed by atoms with Gasteiger partial charge in [-0.1, -0.05) is 30.3 Å². The van der Waals surface area contributed by atoms with Crippen LogP contribution in [0, 0.1) is 5.82 Å². The highest BCUT2D eigenvalue weighted by molar-refractivity contribution is 7.13. The van der Waals surface area contributed by atoms with Crippen LogP contribution in [0.4, 0.5) is 9.52 Å². The van der Waals surface area contributed by atoms with Crippen molar-refractivity contribution in [3.63, 3.8) is 0 Å². The molecule has 6 nitrogen and oxygen atoms in total. The number of anilines is 1. The normalized spacial score (nSPS) is 14.6. The third-order valence-corrected chi connectivity index (χ3v) is 6.63. The number of amides is 1. The van der Waals surface area contributed by atoms with E-state index in [1.807, 2.05) is 35.7 Å². The van der Waals surface area contributed by atoms with Crippen molar-refractivity contribution >= 4 is 33.3 Å². The summed E-state index contributed by atoms with van der Waals surface area (Å²) < 4.78 is 19.4. The van der Waals surface area contributed by atoms with E-state index in [1.165, 1.54) is 23.5 Å². The lowest BCUT2D eigenvalue weighted by Crippen LogP contribution is -2.35. The van der Waals surface area contributed by atoms with Gasteiger partial charge in [0.25, 0.3) is 0 Å².